The standard InChI is InChI=1S/C20H29N3O3/c1-12(9-13(2)22-19(25)20(7-8-20)15-5-6-15)21-18(24)11-16-10-17(26-23-16)14-3-4-14/h10,12-15H,3-9,11H2,1-2H3,(H,21,24)(H,22,25). The van der Waals surface area contributed by atoms with Crippen molar-refractivity contribution in [2.75, 3.05) is 0 Å². The van der Waals surface area contributed by atoms with Crippen molar-refractivity contribution in [3.05, 3.63) is 17.5 Å². The van der Waals surface area contributed by atoms with Crippen LogP contribution in [0.2, 0.25) is 0 Å². The summed E-state index contributed by atoms with van der Waals surface area (Å²) in [5.41, 5.74) is 0.644. The van der Waals surface area contributed by atoms with E-state index < -0.39 is 0 Å². The van der Waals surface area contributed by atoms with Crippen LogP contribution in [0.25, 0.3) is 0 Å². The molecule has 1 aromatic heterocycles. The Morgan fingerprint density at radius 3 is 2.50 bits per heavy atom. The largest absolute Gasteiger partial charge is 0.361 e. The van der Waals surface area contributed by atoms with Crippen LogP contribution in [-0.2, 0) is 16.0 Å². The van der Waals surface area contributed by atoms with Crippen LogP contribution >= 0.6 is 0 Å². The highest BCUT2D eigenvalue weighted by Gasteiger charge is 2.59. The molecule has 0 saturated heterocycles. The van der Waals surface area contributed by atoms with E-state index in [9.17, 15) is 9.59 Å². The monoisotopic (exact) mass is 359 g/mol. The summed E-state index contributed by atoms with van der Waals surface area (Å²) in [5.74, 6) is 2.20. The van der Waals surface area contributed by atoms with Crippen molar-refractivity contribution in [2.24, 2.45) is 11.3 Å². The summed E-state index contributed by atoms with van der Waals surface area (Å²) in [6.45, 7) is 4.00. The number of carbonyl (C=O) groups excluding carboxylic acids is 2. The van der Waals surface area contributed by atoms with Gasteiger partial charge in [-0.2, -0.15) is 0 Å². The van der Waals surface area contributed by atoms with E-state index in [0.29, 0.717) is 17.5 Å². The van der Waals surface area contributed by atoms with Crippen molar-refractivity contribution in [3.63, 3.8) is 0 Å². The van der Waals surface area contributed by atoms with Gasteiger partial charge in [0.2, 0.25) is 11.8 Å². The van der Waals surface area contributed by atoms with Crippen molar-refractivity contribution in [3.8, 4) is 0 Å². The minimum absolute atomic E-state index is 0.00341. The molecule has 0 spiro atoms. The van der Waals surface area contributed by atoms with Gasteiger partial charge in [-0.25, -0.2) is 0 Å². The highest BCUT2D eigenvalue weighted by Crippen LogP contribution is 2.61. The second kappa shape index (κ2) is 6.71. The third-order valence-electron chi connectivity index (χ3n) is 5.99. The molecule has 3 aliphatic rings. The molecule has 1 aromatic rings. The molecule has 2 N–H and O–H groups in total. The lowest BCUT2D eigenvalue weighted by molar-refractivity contribution is -0.127. The average molecular weight is 359 g/mol. The molecule has 1 heterocycles. The zero-order chi connectivity index (χ0) is 18.3. The van der Waals surface area contributed by atoms with E-state index in [2.05, 4.69) is 15.8 Å². The summed E-state index contributed by atoms with van der Waals surface area (Å²) in [7, 11) is 0. The maximum Gasteiger partial charge on any atom is 0.226 e. The molecule has 26 heavy (non-hydrogen) atoms. The third-order valence-corrected chi connectivity index (χ3v) is 5.99. The SMILES string of the molecule is CC(CC(C)NC(=O)C1(C2CC2)CC1)NC(=O)Cc1cc(C2CC2)on1. The van der Waals surface area contributed by atoms with Crippen LogP contribution in [0.1, 0.15) is 76.2 Å². The van der Waals surface area contributed by atoms with Crippen LogP contribution in [0.5, 0.6) is 0 Å². The minimum Gasteiger partial charge on any atom is -0.361 e. The van der Waals surface area contributed by atoms with Crippen molar-refractivity contribution in [1.29, 1.82) is 0 Å². The molecule has 2 amide bonds. The molecule has 6 nitrogen and oxygen atoms in total. The Bertz CT molecular complexity index is 686. The first-order valence-corrected chi connectivity index (χ1v) is 10.0. The van der Waals surface area contributed by atoms with Crippen LogP contribution in [-0.4, -0.2) is 29.1 Å². The second-order valence-corrected chi connectivity index (χ2v) is 8.68. The van der Waals surface area contributed by atoms with Crippen LogP contribution in [0.3, 0.4) is 0 Å². The Kier molecular flexibility index (Phi) is 4.53. The number of amides is 2. The van der Waals surface area contributed by atoms with Crippen LogP contribution in [0.15, 0.2) is 10.6 Å². The number of aromatic nitrogens is 1. The van der Waals surface area contributed by atoms with Gasteiger partial charge in [0, 0.05) is 24.1 Å². The maximum absolute atomic E-state index is 12.5. The molecule has 0 radical (unpaired) electrons. The minimum atomic E-state index is -0.0525. The molecule has 0 aromatic carbocycles. The van der Waals surface area contributed by atoms with Crippen LogP contribution < -0.4 is 10.6 Å². The Morgan fingerprint density at radius 2 is 1.88 bits per heavy atom. The molecule has 2 atom stereocenters. The van der Waals surface area contributed by atoms with E-state index in [4.69, 9.17) is 4.52 Å². The van der Waals surface area contributed by atoms with Gasteiger partial charge in [-0.1, -0.05) is 5.16 Å². The number of nitrogens with zero attached hydrogens (tertiary/aromatic N) is 1. The lowest BCUT2D eigenvalue weighted by Gasteiger charge is -2.22. The summed E-state index contributed by atoms with van der Waals surface area (Å²) in [6.07, 6.45) is 7.78. The van der Waals surface area contributed by atoms with Gasteiger partial charge in [0.25, 0.3) is 0 Å². The Morgan fingerprint density at radius 1 is 1.19 bits per heavy atom. The van der Waals surface area contributed by atoms with Crippen LogP contribution in [0.4, 0.5) is 0 Å². The number of rotatable bonds is 9. The van der Waals surface area contributed by atoms with Gasteiger partial charge in [-0.3, -0.25) is 9.59 Å². The van der Waals surface area contributed by atoms with Crippen molar-refractivity contribution < 1.29 is 14.1 Å². The zero-order valence-corrected chi connectivity index (χ0v) is 15.7. The normalized spacial score (nSPS) is 23.2. The molecule has 6 heteroatoms. The molecule has 3 aliphatic carbocycles. The van der Waals surface area contributed by atoms with Crippen molar-refractivity contribution in [1.82, 2.24) is 15.8 Å². The molecule has 3 saturated carbocycles. The summed E-state index contributed by atoms with van der Waals surface area (Å²) >= 11 is 0. The quantitative estimate of drug-likeness (QED) is 0.710. The predicted molar refractivity (Wildman–Crippen MR) is 96.4 cm³/mol. The lowest BCUT2D eigenvalue weighted by atomic mass is 9.98. The molecular formula is C20H29N3O3. The first-order chi connectivity index (χ1) is 12.5. The zero-order valence-electron chi connectivity index (χ0n) is 15.7. The molecular weight excluding hydrogens is 330 g/mol. The van der Waals surface area contributed by atoms with E-state index in [1.165, 1.54) is 12.8 Å². The second-order valence-electron chi connectivity index (χ2n) is 8.68. The van der Waals surface area contributed by atoms with Gasteiger partial charge in [0.15, 0.2) is 0 Å². The molecule has 4 rings (SSSR count). The number of hydrogen-bond donors (Lipinski definition) is 2. The summed E-state index contributed by atoms with van der Waals surface area (Å²) < 4.78 is 5.29. The van der Waals surface area contributed by atoms with Crippen molar-refractivity contribution >= 4 is 11.8 Å². The Hall–Kier alpha value is -1.85. The smallest absolute Gasteiger partial charge is 0.226 e. The third kappa shape index (κ3) is 3.94. The van der Waals surface area contributed by atoms with Crippen LogP contribution in [0, 0.1) is 11.3 Å². The van der Waals surface area contributed by atoms with Gasteiger partial charge in [0.05, 0.1) is 17.5 Å². The summed E-state index contributed by atoms with van der Waals surface area (Å²) in [4.78, 5) is 24.7. The fourth-order valence-electron chi connectivity index (χ4n) is 4.07. The topological polar surface area (TPSA) is 84.2 Å². The maximum atomic E-state index is 12.5. The van der Waals surface area contributed by atoms with Gasteiger partial charge in [-0.05, 0) is 64.7 Å². The number of carbonyl (C=O) groups is 2. The predicted octanol–water partition coefficient (Wildman–Crippen LogP) is 2.68. The number of hydrogen-bond acceptors (Lipinski definition) is 4. The number of nitrogens with one attached hydrogen (secondary N) is 2. The molecule has 3 fully saturated rings. The van der Waals surface area contributed by atoms with E-state index in [1.54, 1.807) is 0 Å². The summed E-state index contributed by atoms with van der Waals surface area (Å²) in [5, 5.41) is 10.2. The molecule has 2 unspecified atom stereocenters. The first kappa shape index (κ1) is 17.6. The van der Waals surface area contributed by atoms with Gasteiger partial charge in [-0.15, -0.1) is 0 Å². The first-order valence-electron chi connectivity index (χ1n) is 10.0. The van der Waals surface area contributed by atoms with Gasteiger partial charge < -0.3 is 15.2 Å². The highest BCUT2D eigenvalue weighted by atomic mass is 16.5. The average Bonchev–Trinajstić information content (AvgIpc) is 3.43. The summed E-state index contributed by atoms with van der Waals surface area (Å²) in [6, 6.07) is 1.96. The van der Waals surface area contributed by atoms with E-state index in [1.807, 2.05) is 19.9 Å². The van der Waals surface area contributed by atoms with Crippen molar-refractivity contribution in [2.45, 2.75) is 83.2 Å². The lowest BCUT2D eigenvalue weighted by Crippen LogP contribution is -2.43. The Balaban J connectivity index is 1.19. The molecule has 142 valence electrons. The Labute approximate surface area is 154 Å². The fraction of sp³-hybridized carbons (Fsp3) is 0.750. The molecule has 0 bridgehead atoms. The van der Waals surface area contributed by atoms with E-state index in [0.717, 1.165) is 37.9 Å². The fourth-order valence-corrected chi connectivity index (χ4v) is 4.07. The highest BCUT2D eigenvalue weighted by molar-refractivity contribution is 5.86. The van der Waals surface area contributed by atoms with Gasteiger partial charge in [0.1, 0.15) is 5.76 Å². The van der Waals surface area contributed by atoms with E-state index >= 15 is 0 Å². The van der Waals surface area contributed by atoms with E-state index in [-0.39, 0.29) is 35.7 Å². The van der Waals surface area contributed by atoms with Gasteiger partial charge >= 0.3 is 0 Å². The molecule has 0 aliphatic heterocycles.